The Morgan fingerprint density at radius 3 is 2.71 bits per heavy atom. The molecule has 0 radical (unpaired) electrons. The fraction of sp³-hybridized carbons (Fsp3) is 0.273. The first kappa shape index (κ1) is 11.8. The number of rotatable bonds is 3. The highest BCUT2D eigenvalue weighted by molar-refractivity contribution is 8.02. The molecule has 1 aromatic carbocycles. The summed E-state index contributed by atoms with van der Waals surface area (Å²) in [6.07, 6.45) is 0. The van der Waals surface area contributed by atoms with Gasteiger partial charge in [-0.3, -0.25) is 10.1 Å². The van der Waals surface area contributed by atoms with Gasteiger partial charge >= 0.3 is 5.03 Å². The summed E-state index contributed by atoms with van der Waals surface area (Å²) >= 11 is 1.17. The molecule has 0 spiro atoms. The van der Waals surface area contributed by atoms with Crippen LogP contribution < -0.4 is 5.32 Å². The predicted molar refractivity (Wildman–Crippen MR) is 67.0 cm³/mol. The van der Waals surface area contributed by atoms with Crippen molar-refractivity contribution in [2.45, 2.75) is 4.90 Å². The molecule has 1 aromatic rings. The van der Waals surface area contributed by atoms with Gasteiger partial charge in [0.05, 0.1) is 4.92 Å². The maximum Gasteiger partial charge on any atom is 0.347 e. The quantitative estimate of drug-likeness (QED) is 0.503. The molecule has 0 aliphatic carbocycles. The number of nitrogens with zero attached hydrogens (tertiary/aromatic N) is 2. The third kappa shape index (κ3) is 2.71. The van der Waals surface area contributed by atoms with Crippen LogP contribution in [0, 0.1) is 10.1 Å². The molecule has 0 bridgehead atoms. The monoisotopic (exact) mass is 251 g/mol. The van der Waals surface area contributed by atoms with E-state index in [1.54, 1.807) is 0 Å². The average Bonchev–Trinajstić information content (AvgIpc) is 2.73. The molecule has 1 fully saturated rings. The molecule has 0 atom stereocenters. The molecule has 0 unspecified atom stereocenters. The zero-order chi connectivity index (χ0) is 12.3. The van der Waals surface area contributed by atoms with Gasteiger partial charge < -0.3 is 10.2 Å². The normalized spacial score (nSPS) is 17.8. The van der Waals surface area contributed by atoms with E-state index in [0.29, 0.717) is 5.82 Å². The van der Waals surface area contributed by atoms with Gasteiger partial charge in [0.1, 0.15) is 0 Å². The van der Waals surface area contributed by atoms with Gasteiger partial charge in [-0.2, -0.15) is 0 Å². The summed E-state index contributed by atoms with van der Waals surface area (Å²) in [5.41, 5.74) is 0. The van der Waals surface area contributed by atoms with Crippen molar-refractivity contribution in [2.75, 3.05) is 20.1 Å². The Kier molecular flexibility index (Phi) is 3.53. The minimum Gasteiger partial charge on any atom is -0.364 e. The second-order valence-corrected chi connectivity index (χ2v) is 4.74. The lowest BCUT2D eigenvalue weighted by Crippen LogP contribution is -2.18. The van der Waals surface area contributed by atoms with Gasteiger partial charge in [0, 0.05) is 25.0 Å². The molecule has 6 heteroatoms. The van der Waals surface area contributed by atoms with Crippen LogP contribution >= 0.6 is 11.8 Å². The first-order valence-electron chi connectivity index (χ1n) is 5.25. The van der Waals surface area contributed by atoms with Crippen LogP contribution in [0.15, 0.2) is 46.1 Å². The zero-order valence-electron chi connectivity index (χ0n) is 9.42. The van der Waals surface area contributed by atoms with E-state index >= 15 is 0 Å². The molecule has 0 aromatic heterocycles. The van der Waals surface area contributed by atoms with E-state index in [0.717, 1.165) is 18.0 Å². The van der Waals surface area contributed by atoms with E-state index in [4.69, 9.17) is 0 Å². The molecule has 17 heavy (non-hydrogen) atoms. The lowest BCUT2D eigenvalue weighted by atomic mass is 10.4. The number of nitrogens with one attached hydrogen (secondary N) is 1. The third-order valence-electron chi connectivity index (χ3n) is 2.45. The first-order valence-corrected chi connectivity index (χ1v) is 6.06. The topological polar surface area (TPSA) is 58.4 Å². The van der Waals surface area contributed by atoms with Crippen LogP contribution in [0.5, 0.6) is 0 Å². The van der Waals surface area contributed by atoms with Crippen molar-refractivity contribution in [1.29, 1.82) is 0 Å². The number of likely N-dealkylation sites (N-methyl/N-ethyl adjacent to an activating group) is 1. The standard InChI is InChI=1S/C11H13N3O2S/c1-13-8-7-12-10(13)11(14(15)16)17-9-5-3-2-4-6-9/h2-6,12H,7-8H2,1H3/b11-10+. The third-order valence-corrected chi connectivity index (χ3v) is 3.49. The Balaban J connectivity index is 2.28. The van der Waals surface area contributed by atoms with Crippen LogP contribution in [-0.4, -0.2) is 30.0 Å². The molecule has 5 nitrogen and oxygen atoms in total. The molecule has 2 rings (SSSR count). The van der Waals surface area contributed by atoms with Crippen LogP contribution in [0.4, 0.5) is 0 Å². The number of benzene rings is 1. The smallest absolute Gasteiger partial charge is 0.347 e. The van der Waals surface area contributed by atoms with Crippen LogP contribution in [0.2, 0.25) is 0 Å². The maximum absolute atomic E-state index is 11.1. The van der Waals surface area contributed by atoms with Crippen molar-refractivity contribution in [3.8, 4) is 0 Å². The lowest BCUT2D eigenvalue weighted by Gasteiger charge is -2.11. The van der Waals surface area contributed by atoms with E-state index in [9.17, 15) is 10.1 Å². The minimum atomic E-state index is -0.332. The molecular formula is C11H13N3O2S. The molecule has 1 aliphatic heterocycles. The van der Waals surface area contributed by atoms with Crippen molar-refractivity contribution in [3.05, 3.63) is 51.3 Å². The molecule has 90 valence electrons. The van der Waals surface area contributed by atoms with Gasteiger partial charge in [-0.1, -0.05) is 18.2 Å². The van der Waals surface area contributed by atoms with Crippen molar-refractivity contribution in [3.63, 3.8) is 0 Å². The van der Waals surface area contributed by atoms with E-state index in [-0.39, 0.29) is 9.95 Å². The highest BCUT2D eigenvalue weighted by atomic mass is 32.2. The van der Waals surface area contributed by atoms with E-state index in [1.807, 2.05) is 42.3 Å². The Morgan fingerprint density at radius 2 is 2.18 bits per heavy atom. The number of hydrogen-bond donors (Lipinski definition) is 1. The molecule has 0 saturated carbocycles. The second kappa shape index (κ2) is 5.09. The number of nitro groups is 1. The van der Waals surface area contributed by atoms with Gasteiger partial charge in [0.25, 0.3) is 0 Å². The average molecular weight is 251 g/mol. The van der Waals surface area contributed by atoms with Gasteiger partial charge in [-0.05, 0) is 23.9 Å². The molecule has 0 amide bonds. The first-order chi connectivity index (χ1) is 8.18. The van der Waals surface area contributed by atoms with Gasteiger partial charge in [-0.25, -0.2) is 0 Å². The largest absolute Gasteiger partial charge is 0.364 e. The van der Waals surface area contributed by atoms with E-state index < -0.39 is 0 Å². The summed E-state index contributed by atoms with van der Waals surface area (Å²) in [5, 5.41) is 14.3. The van der Waals surface area contributed by atoms with Gasteiger partial charge in [0.15, 0.2) is 5.82 Å². The summed E-state index contributed by atoms with van der Waals surface area (Å²) in [7, 11) is 1.85. The van der Waals surface area contributed by atoms with Crippen molar-refractivity contribution < 1.29 is 4.92 Å². The summed E-state index contributed by atoms with van der Waals surface area (Å²) < 4.78 is 0. The van der Waals surface area contributed by atoms with E-state index in [1.165, 1.54) is 11.8 Å². The molecule has 1 N–H and O–H groups in total. The highest BCUT2D eigenvalue weighted by Gasteiger charge is 2.26. The van der Waals surface area contributed by atoms with Crippen molar-refractivity contribution in [2.24, 2.45) is 0 Å². The fourth-order valence-electron chi connectivity index (χ4n) is 1.60. The molecule has 1 heterocycles. The Morgan fingerprint density at radius 1 is 1.47 bits per heavy atom. The molecule has 1 aliphatic rings. The van der Waals surface area contributed by atoms with Gasteiger partial charge in [-0.15, -0.1) is 0 Å². The highest BCUT2D eigenvalue weighted by Crippen LogP contribution is 2.29. The Labute approximate surface area is 104 Å². The van der Waals surface area contributed by atoms with Crippen molar-refractivity contribution >= 4 is 11.8 Å². The van der Waals surface area contributed by atoms with Crippen molar-refractivity contribution in [1.82, 2.24) is 10.2 Å². The Bertz CT molecular complexity index is 447. The van der Waals surface area contributed by atoms with Crippen LogP contribution in [-0.2, 0) is 0 Å². The SMILES string of the molecule is CN1CCN/C1=C(\Sc1ccccc1)[N+](=O)[O-]. The van der Waals surface area contributed by atoms with E-state index in [2.05, 4.69) is 5.32 Å². The summed E-state index contributed by atoms with van der Waals surface area (Å²) in [5.74, 6) is 0.601. The van der Waals surface area contributed by atoms with Gasteiger partial charge in [0.2, 0.25) is 0 Å². The second-order valence-electron chi connectivity index (χ2n) is 3.67. The number of thioether (sulfide) groups is 1. The molecular weight excluding hydrogens is 238 g/mol. The summed E-state index contributed by atoms with van der Waals surface area (Å²) in [6.45, 7) is 1.54. The summed E-state index contributed by atoms with van der Waals surface area (Å²) in [4.78, 5) is 13.5. The molecule has 1 saturated heterocycles. The lowest BCUT2D eigenvalue weighted by molar-refractivity contribution is -0.412. The predicted octanol–water partition coefficient (Wildman–Crippen LogP) is 1.72. The van der Waals surface area contributed by atoms with Crippen LogP contribution in [0.25, 0.3) is 0 Å². The summed E-state index contributed by atoms with van der Waals surface area (Å²) in [6, 6.07) is 9.36. The minimum absolute atomic E-state index is 0.149. The zero-order valence-corrected chi connectivity index (χ0v) is 10.2. The number of hydrogen-bond acceptors (Lipinski definition) is 5. The fourth-order valence-corrected chi connectivity index (χ4v) is 2.52. The van der Waals surface area contributed by atoms with Crippen LogP contribution in [0.3, 0.4) is 0 Å². The Hall–Kier alpha value is -1.69. The maximum atomic E-state index is 11.1. The van der Waals surface area contributed by atoms with Crippen LogP contribution in [0.1, 0.15) is 0 Å².